The normalized spacial score (nSPS) is 11.7. The lowest BCUT2D eigenvalue weighted by Gasteiger charge is -2.07. The van der Waals surface area contributed by atoms with Crippen molar-refractivity contribution in [3.05, 3.63) is 24.3 Å². The maximum atomic E-state index is 12.0. The Morgan fingerprint density at radius 3 is 2.60 bits per heavy atom. The molecule has 1 aromatic rings. The molecule has 0 aliphatic carbocycles. The number of amides is 2. The third kappa shape index (κ3) is 5.52. The van der Waals surface area contributed by atoms with Crippen LogP contribution in [0.1, 0.15) is 26.7 Å². The first-order valence-corrected chi connectivity index (χ1v) is 7.93. The van der Waals surface area contributed by atoms with Crippen LogP contribution < -0.4 is 10.6 Å². The molecule has 6 heteroatoms. The third-order valence-corrected chi connectivity index (χ3v) is 3.80. The van der Waals surface area contributed by atoms with Gasteiger partial charge in [-0.05, 0) is 31.5 Å². The molecule has 0 saturated heterocycles. The van der Waals surface area contributed by atoms with Crippen LogP contribution in [0, 0.1) is 0 Å². The molecule has 0 bridgehead atoms. The van der Waals surface area contributed by atoms with Crippen molar-refractivity contribution in [3.63, 3.8) is 0 Å². The number of hydrogen-bond donors (Lipinski definition) is 2. The fourth-order valence-electron chi connectivity index (χ4n) is 1.62. The number of rotatable bonds is 7. The predicted molar refractivity (Wildman–Crippen MR) is 79.9 cm³/mol. The van der Waals surface area contributed by atoms with Gasteiger partial charge in [0.2, 0.25) is 11.8 Å². The van der Waals surface area contributed by atoms with Gasteiger partial charge in [0.25, 0.3) is 0 Å². The van der Waals surface area contributed by atoms with Crippen molar-refractivity contribution in [2.45, 2.75) is 31.6 Å². The average Bonchev–Trinajstić information content (AvgIpc) is 2.39. The first-order valence-electron chi connectivity index (χ1n) is 6.61. The highest BCUT2D eigenvalue weighted by atomic mass is 32.2. The SMILES string of the molecule is CCCC(=O)Nc1cccc(S(=O)CC(=O)NCC)c1. The Labute approximate surface area is 121 Å². The topological polar surface area (TPSA) is 75.3 Å². The average molecular weight is 296 g/mol. The van der Waals surface area contributed by atoms with Gasteiger partial charge in [0.15, 0.2) is 0 Å². The van der Waals surface area contributed by atoms with Crippen LogP contribution >= 0.6 is 0 Å². The summed E-state index contributed by atoms with van der Waals surface area (Å²) >= 11 is 0. The number of anilines is 1. The molecule has 0 spiro atoms. The Morgan fingerprint density at radius 1 is 1.20 bits per heavy atom. The molecule has 110 valence electrons. The standard InChI is InChI=1S/C14H20N2O3S/c1-3-6-13(17)16-11-7-5-8-12(9-11)20(19)10-14(18)15-4-2/h5,7-9H,3-4,6,10H2,1-2H3,(H,15,18)(H,16,17). The quantitative estimate of drug-likeness (QED) is 0.803. The molecule has 0 aliphatic heterocycles. The lowest BCUT2D eigenvalue weighted by Crippen LogP contribution is -2.27. The zero-order chi connectivity index (χ0) is 15.0. The van der Waals surface area contributed by atoms with Gasteiger partial charge in [-0.2, -0.15) is 0 Å². The second-order valence-corrected chi connectivity index (χ2v) is 5.72. The van der Waals surface area contributed by atoms with E-state index < -0.39 is 10.8 Å². The molecule has 1 atom stereocenters. The van der Waals surface area contributed by atoms with E-state index in [-0.39, 0.29) is 17.6 Å². The van der Waals surface area contributed by atoms with E-state index in [9.17, 15) is 13.8 Å². The molecule has 0 radical (unpaired) electrons. The Kier molecular flexibility index (Phi) is 6.93. The summed E-state index contributed by atoms with van der Waals surface area (Å²) in [6.45, 7) is 4.26. The van der Waals surface area contributed by atoms with Gasteiger partial charge in [0.05, 0.1) is 10.8 Å². The summed E-state index contributed by atoms with van der Waals surface area (Å²) in [7, 11) is -1.41. The number of hydrogen-bond acceptors (Lipinski definition) is 3. The number of carbonyl (C=O) groups excluding carboxylic acids is 2. The van der Waals surface area contributed by atoms with Crippen molar-refractivity contribution in [1.82, 2.24) is 5.32 Å². The van der Waals surface area contributed by atoms with E-state index in [0.717, 1.165) is 6.42 Å². The van der Waals surface area contributed by atoms with E-state index >= 15 is 0 Å². The van der Waals surface area contributed by atoms with E-state index in [1.807, 2.05) is 13.8 Å². The molecule has 1 unspecified atom stereocenters. The minimum absolute atomic E-state index is 0.0692. The minimum Gasteiger partial charge on any atom is -0.356 e. The van der Waals surface area contributed by atoms with Crippen molar-refractivity contribution >= 4 is 28.3 Å². The summed E-state index contributed by atoms with van der Waals surface area (Å²) in [4.78, 5) is 23.4. The lowest BCUT2D eigenvalue weighted by atomic mass is 10.3. The fourth-order valence-corrected chi connectivity index (χ4v) is 2.61. The number of nitrogens with one attached hydrogen (secondary N) is 2. The van der Waals surface area contributed by atoms with E-state index in [0.29, 0.717) is 23.5 Å². The molecule has 2 N–H and O–H groups in total. The molecule has 0 fully saturated rings. The minimum atomic E-state index is -1.41. The first-order chi connectivity index (χ1) is 9.56. The summed E-state index contributed by atoms with van der Waals surface area (Å²) in [6, 6.07) is 6.78. The molecular formula is C14H20N2O3S. The lowest BCUT2D eigenvalue weighted by molar-refractivity contribution is -0.118. The molecule has 0 saturated carbocycles. The molecule has 0 heterocycles. The Balaban J connectivity index is 2.69. The molecule has 0 aromatic heterocycles. The molecule has 20 heavy (non-hydrogen) atoms. The van der Waals surface area contributed by atoms with Gasteiger partial charge in [-0.25, -0.2) is 0 Å². The summed E-state index contributed by atoms with van der Waals surface area (Å²) in [5.74, 6) is -0.384. The zero-order valence-corrected chi connectivity index (χ0v) is 12.6. The summed E-state index contributed by atoms with van der Waals surface area (Å²) < 4.78 is 12.0. The van der Waals surface area contributed by atoms with Crippen LogP contribution in [0.4, 0.5) is 5.69 Å². The van der Waals surface area contributed by atoms with Gasteiger partial charge in [0, 0.05) is 23.5 Å². The predicted octanol–water partition coefficient (Wildman–Crippen LogP) is 1.67. The molecule has 5 nitrogen and oxygen atoms in total. The molecule has 1 rings (SSSR count). The van der Waals surface area contributed by atoms with Crippen molar-refractivity contribution in [1.29, 1.82) is 0 Å². The maximum Gasteiger partial charge on any atom is 0.232 e. The highest BCUT2D eigenvalue weighted by Gasteiger charge is 2.10. The van der Waals surface area contributed by atoms with E-state index in [2.05, 4.69) is 10.6 Å². The van der Waals surface area contributed by atoms with E-state index in [4.69, 9.17) is 0 Å². The number of benzene rings is 1. The Bertz CT molecular complexity index is 503. The second-order valence-electron chi connectivity index (χ2n) is 4.27. The van der Waals surface area contributed by atoms with Gasteiger partial charge in [-0.15, -0.1) is 0 Å². The van der Waals surface area contributed by atoms with Crippen molar-refractivity contribution < 1.29 is 13.8 Å². The molecule has 2 amide bonds. The van der Waals surface area contributed by atoms with Crippen LogP contribution in [0.3, 0.4) is 0 Å². The van der Waals surface area contributed by atoms with Crippen LogP contribution in [0.15, 0.2) is 29.2 Å². The smallest absolute Gasteiger partial charge is 0.232 e. The van der Waals surface area contributed by atoms with Crippen LogP contribution in [0.25, 0.3) is 0 Å². The van der Waals surface area contributed by atoms with Gasteiger partial charge in [-0.3, -0.25) is 13.8 Å². The Morgan fingerprint density at radius 2 is 1.95 bits per heavy atom. The maximum absolute atomic E-state index is 12.0. The van der Waals surface area contributed by atoms with Crippen molar-refractivity contribution in [2.24, 2.45) is 0 Å². The third-order valence-electron chi connectivity index (χ3n) is 2.49. The summed E-state index contributed by atoms with van der Waals surface area (Å²) in [6.07, 6.45) is 1.22. The van der Waals surface area contributed by atoms with Crippen molar-refractivity contribution in [2.75, 3.05) is 17.6 Å². The van der Waals surface area contributed by atoms with E-state index in [1.54, 1.807) is 24.3 Å². The zero-order valence-electron chi connectivity index (χ0n) is 11.8. The summed E-state index contributed by atoms with van der Waals surface area (Å²) in [5.41, 5.74) is 0.602. The largest absolute Gasteiger partial charge is 0.356 e. The fraction of sp³-hybridized carbons (Fsp3) is 0.429. The van der Waals surface area contributed by atoms with E-state index in [1.165, 1.54) is 0 Å². The monoisotopic (exact) mass is 296 g/mol. The summed E-state index contributed by atoms with van der Waals surface area (Å²) in [5, 5.41) is 5.35. The van der Waals surface area contributed by atoms with Gasteiger partial charge < -0.3 is 10.6 Å². The van der Waals surface area contributed by atoms with Crippen molar-refractivity contribution in [3.8, 4) is 0 Å². The van der Waals surface area contributed by atoms with Crippen LogP contribution in [-0.4, -0.2) is 28.3 Å². The molecule has 1 aromatic carbocycles. The highest BCUT2D eigenvalue weighted by molar-refractivity contribution is 7.85. The Hall–Kier alpha value is -1.69. The second kappa shape index (κ2) is 8.47. The number of carbonyl (C=O) groups is 2. The van der Waals surface area contributed by atoms with Gasteiger partial charge in [-0.1, -0.05) is 13.0 Å². The van der Waals surface area contributed by atoms with Gasteiger partial charge in [0.1, 0.15) is 5.75 Å². The molecule has 0 aliphatic rings. The first kappa shape index (κ1) is 16.4. The highest BCUT2D eigenvalue weighted by Crippen LogP contribution is 2.14. The molecular weight excluding hydrogens is 276 g/mol. The van der Waals surface area contributed by atoms with Gasteiger partial charge >= 0.3 is 0 Å². The van der Waals surface area contributed by atoms with Crippen LogP contribution in [0.2, 0.25) is 0 Å². The van der Waals surface area contributed by atoms with Crippen LogP contribution in [-0.2, 0) is 20.4 Å². The van der Waals surface area contributed by atoms with Crippen LogP contribution in [0.5, 0.6) is 0 Å².